The van der Waals surface area contributed by atoms with Crippen LogP contribution in [0.25, 0.3) is 0 Å². The topological polar surface area (TPSA) is 40.5 Å². The van der Waals surface area contributed by atoms with Crippen molar-refractivity contribution in [3.8, 4) is 0 Å². The zero-order chi connectivity index (χ0) is 13.1. The summed E-state index contributed by atoms with van der Waals surface area (Å²) in [6.07, 6.45) is 2.50. The van der Waals surface area contributed by atoms with Crippen LogP contribution in [0.3, 0.4) is 0 Å². The number of carboxylic acids is 1. The van der Waals surface area contributed by atoms with Crippen LogP contribution >= 0.6 is 0 Å². The van der Waals surface area contributed by atoms with E-state index in [-0.39, 0.29) is 6.42 Å². The van der Waals surface area contributed by atoms with Gasteiger partial charge in [-0.3, -0.25) is 4.79 Å². The minimum Gasteiger partial charge on any atom is -0.481 e. The Labute approximate surface area is 108 Å². The second kappa shape index (κ2) is 5.42. The molecule has 1 aromatic rings. The number of nitrogens with zero attached hydrogens (tertiary/aromatic N) is 1. The van der Waals surface area contributed by atoms with E-state index in [4.69, 9.17) is 5.11 Å². The van der Waals surface area contributed by atoms with Gasteiger partial charge in [0.05, 0.1) is 6.42 Å². The van der Waals surface area contributed by atoms with Crippen molar-refractivity contribution < 1.29 is 9.90 Å². The minimum absolute atomic E-state index is 0.114. The summed E-state index contributed by atoms with van der Waals surface area (Å²) < 4.78 is 0. The maximum Gasteiger partial charge on any atom is 0.307 e. The molecule has 1 fully saturated rings. The Bertz CT molecular complexity index is 434. The van der Waals surface area contributed by atoms with E-state index in [2.05, 4.69) is 24.0 Å². The summed E-state index contributed by atoms with van der Waals surface area (Å²) >= 11 is 0. The number of carboxylic acid groups (broad SMARTS) is 1. The van der Waals surface area contributed by atoms with E-state index in [1.54, 1.807) is 0 Å². The molecular formula is C15H21NO2. The molecule has 0 bridgehead atoms. The third kappa shape index (κ3) is 3.03. The summed E-state index contributed by atoms with van der Waals surface area (Å²) in [7, 11) is 0. The number of hydrogen-bond donors (Lipinski definition) is 1. The monoisotopic (exact) mass is 247 g/mol. The SMILES string of the molecule is Cc1ccc(N2CCC(C)CC2)c(CC(=O)O)c1. The van der Waals surface area contributed by atoms with Crippen molar-refractivity contribution >= 4 is 11.7 Å². The molecule has 0 radical (unpaired) electrons. The summed E-state index contributed by atoms with van der Waals surface area (Å²) in [5.74, 6) is 0.0295. The molecule has 3 heteroatoms. The van der Waals surface area contributed by atoms with Gasteiger partial charge < -0.3 is 10.0 Å². The van der Waals surface area contributed by atoms with Crippen LogP contribution in [0.5, 0.6) is 0 Å². The van der Waals surface area contributed by atoms with Crippen LogP contribution in [0.1, 0.15) is 30.9 Å². The highest BCUT2D eigenvalue weighted by Crippen LogP contribution is 2.27. The van der Waals surface area contributed by atoms with Gasteiger partial charge in [-0.2, -0.15) is 0 Å². The Balaban J connectivity index is 2.23. The average molecular weight is 247 g/mol. The Hall–Kier alpha value is -1.51. The van der Waals surface area contributed by atoms with Gasteiger partial charge in [0, 0.05) is 18.8 Å². The maximum absolute atomic E-state index is 10.9. The third-order valence-corrected chi connectivity index (χ3v) is 3.70. The van der Waals surface area contributed by atoms with E-state index in [9.17, 15) is 4.79 Å². The molecule has 98 valence electrons. The van der Waals surface area contributed by atoms with Gasteiger partial charge in [0.25, 0.3) is 0 Å². The van der Waals surface area contributed by atoms with Crippen molar-refractivity contribution in [2.75, 3.05) is 18.0 Å². The third-order valence-electron chi connectivity index (χ3n) is 3.70. The van der Waals surface area contributed by atoms with E-state index < -0.39 is 5.97 Å². The predicted octanol–water partition coefficient (Wildman–Crippen LogP) is 2.86. The fourth-order valence-electron chi connectivity index (χ4n) is 2.58. The first kappa shape index (κ1) is 12.9. The van der Waals surface area contributed by atoms with E-state index >= 15 is 0 Å². The zero-order valence-corrected chi connectivity index (χ0v) is 11.1. The lowest BCUT2D eigenvalue weighted by atomic mass is 9.97. The highest BCUT2D eigenvalue weighted by molar-refractivity contribution is 5.74. The summed E-state index contributed by atoms with van der Waals surface area (Å²) in [6, 6.07) is 6.14. The van der Waals surface area contributed by atoms with Crippen molar-refractivity contribution in [1.29, 1.82) is 0 Å². The number of rotatable bonds is 3. The lowest BCUT2D eigenvalue weighted by molar-refractivity contribution is -0.136. The van der Waals surface area contributed by atoms with Crippen LogP contribution < -0.4 is 4.90 Å². The van der Waals surface area contributed by atoms with Crippen LogP contribution in [0.15, 0.2) is 18.2 Å². The predicted molar refractivity (Wildman–Crippen MR) is 73.1 cm³/mol. The largest absolute Gasteiger partial charge is 0.481 e. The van der Waals surface area contributed by atoms with Gasteiger partial charge in [0.2, 0.25) is 0 Å². The lowest BCUT2D eigenvalue weighted by Gasteiger charge is -2.33. The Kier molecular flexibility index (Phi) is 3.90. The number of piperidine rings is 1. The van der Waals surface area contributed by atoms with E-state index in [0.717, 1.165) is 35.8 Å². The first-order valence-corrected chi connectivity index (χ1v) is 6.62. The fraction of sp³-hybridized carbons (Fsp3) is 0.533. The zero-order valence-electron chi connectivity index (χ0n) is 11.1. The quantitative estimate of drug-likeness (QED) is 0.893. The van der Waals surface area contributed by atoms with Crippen LogP contribution in [0, 0.1) is 12.8 Å². The normalized spacial score (nSPS) is 16.9. The van der Waals surface area contributed by atoms with Crippen LogP contribution in [-0.4, -0.2) is 24.2 Å². The number of anilines is 1. The number of hydrogen-bond acceptors (Lipinski definition) is 2. The molecule has 0 aromatic heterocycles. The van der Waals surface area contributed by atoms with Gasteiger partial charge in [0.1, 0.15) is 0 Å². The molecule has 1 heterocycles. The summed E-state index contributed by atoms with van der Waals surface area (Å²) in [4.78, 5) is 13.3. The van der Waals surface area contributed by atoms with Gasteiger partial charge >= 0.3 is 5.97 Å². The van der Waals surface area contributed by atoms with Crippen LogP contribution in [0.4, 0.5) is 5.69 Å². The van der Waals surface area contributed by atoms with Crippen LogP contribution in [0.2, 0.25) is 0 Å². The Morgan fingerprint density at radius 3 is 2.67 bits per heavy atom. The molecule has 1 N–H and O–H groups in total. The maximum atomic E-state index is 10.9. The smallest absolute Gasteiger partial charge is 0.307 e. The molecule has 18 heavy (non-hydrogen) atoms. The standard InChI is InChI=1S/C15H21NO2/c1-11-5-7-16(8-6-11)14-4-3-12(2)9-13(14)10-15(17)18/h3-4,9,11H,5-8,10H2,1-2H3,(H,17,18). The van der Waals surface area contributed by atoms with E-state index in [0.29, 0.717) is 0 Å². The molecule has 2 rings (SSSR count). The van der Waals surface area contributed by atoms with Crippen molar-refractivity contribution in [3.05, 3.63) is 29.3 Å². The van der Waals surface area contributed by atoms with E-state index in [1.165, 1.54) is 12.8 Å². The molecule has 0 amide bonds. The van der Waals surface area contributed by atoms with Crippen molar-refractivity contribution in [2.45, 2.75) is 33.1 Å². The summed E-state index contributed by atoms with van der Waals surface area (Å²) in [5, 5.41) is 9.00. The van der Waals surface area contributed by atoms with Gasteiger partial charge in [-0.1, -0.05) is 24.6 Å². The highest BCUT2D eigenvalue weighted by Gasteiger charge is 2.19. The van der Waals surface area contributed by atoms with Gasteiger partial charge in [-0.05, 0) is 37.3 Å². The Morgan fingerprint density at radius 1 is 1.39 bits per heavy atom. The molecule has 1 aromatic carbocycles. The number of benzene rings is 1. The Morgan fingerprint density at radius 2 is 2.06 bits per heavy atom. The van der Waals surface area contributed by atoms with Crippen molar-refractivity contribution in [2.24, 2.45) is 5.92 Å². The summed E-state index contributed by atoms with van der Waals surface area (Å²) in [6.45, 7) is 6.37. The average Bonchev–Trinajstić information content (AvgIpc) is 2.30. The molecule has 1 aliphatic heterocycles. The van der Waals surface area contributed by atoms with Gasteiger partial charge in [-0.25, -0.2) is 0 Å². The van der Waals surface area contributed by atoms with Crippen molar-refractivity contribution in [3.63, 3.8) is 0 Å². The van der Waals surface area contributed by atoms with E-state index in [1.807, 2.05) is 13.0 Å². The van der Waals surface area contributed by atoms with Crippen molar-refractivity contribution in [1.82, 2.24) is 0 Å². The second-order valence-electron chi connectivity index (χ2n) is 5.37. The summed E-state index contributed by atoms with van der Waals surface area (Å²) in [5.41, 5.74) is 3.17. The molecule has 1 saturated heterocycles. The molecule has 0 spiro atoms. The molecule has 0 saturated carbocycles. The van der Waals surface area contributed by atoms with Crippen LogP contribution in [-0.2, 0) is 11.2 Å². The minimum atomic E-state index is -0.757. The molecule has 3 nitrogen and oxygen atoms in total. The van der Waals surface area contributed by atoms with Gasteiger partial charge in [0.15, 0.2) is 0 Å². The highest BCUT2D eigenvalue weighted by atomic mass is 16.4. The molecular weight excluding hydrogens is 226 g/mol. The first-order chi connectivity index (χ1) is 8.56. The van der Waals surface area contributed by atoms with Gasteiger partial charge in [-0.15, -0.1) is 0 Å². The molecule has 0 aliphatic carbocycles. The first-order valence-electron chi connectivity index (χ1n) is 6.62. The second-order valence-corrected chi connectivity index (χ2v) is 5.37. The molecule has 1 aliphatic rings. The molecule has 0 unspecified atom stereocenters. The molecule has 0 atom stereocenters. The number of carbonyl (C=O) groups is 1. The number of aliphatic carboxylic acids is 1. The fourth-order valence-corrected chi connectivity index (χ4v) is 2.58. The number of aryl methyl sites for hydroxylation is 1. The lowest BCUT2D eigenvalue weighted by Crippen LogP contribution is -2.33.